The number of likely N-dealkylation sites (tertiary alicyclic amines) is 1. The Bertz CT molecular complexity index is 676. The smallest absolute Gasteiger partial charge is 0.237 e. The van der Waals surface area contributed by atoms with Crippen molar-refractivity contribution in [1.82, 2.24) is 10.2 Å². The Morgan fingerprint density at radius 1 is 1.32 bits per heavy atom. The van der Waals surface area contributed by atoms with Crippen molar-refractivity contribution in [3.63, 3.8) is 0 Å². The van der Waals surface area contributed by atoms with E-state index in [2.05, 4.69) is 11.4 Å². The number of morpholine rings is 1. The van der Waals surface area contributed by atoms with E-state index in [1.807, 2.05) is 30.1 Å². The van der Waals surface area contributed by atoms with Crippen LogP contribution in [0.1, 0.15) is 24.8 Å². The van der Waals surface area contributed by atoms with Crippen LogP contribution in [-0.2, 0) is 19.7 Å². The predicted molar refractivity (Wildman–Crippen MR) is 94.6 cm³/mol. The van der Waals surface area contributed by atoms with Gasteiger partial charge in [-0.25, -0.2) is 0 Å². The van der Waals surface area contributed by atoms with Crippen molar-refractivity contribution in [1.29, 1.82) is 0 Å². The molecular formula is C19H25N3O3. The summed E-state index contributed by atoms with van der Waals surface area (Å²) in [6.07, 6.45) is 1.78. The van der Waals surface area contributed by atoms with Gasteiger partial charge in [0.15, 0.2) is 0 Å². The van der Waals surface area contributed by atoms with Crippen LogP contribution in [0.4, 0.5) is 5.69 Å². The van der Waals surface area contributed by atoms with Crippen LogP contribution in [0.2, 0.25) is 0 Å². The van der Waals surface area contributed by atoms with Gasteiger partial charge in [0.1, 0.15) is 0 Å². The first-order valence-corrected chi connectivity index (χ1v) is 9.09. The van der Waals surface area contributed by atoms with Crippen LogP contribution in [0.3, 0.4) is 0 Å². The second-order valence-corrected chi connectivity index (χ2v) is 7.25. The highest BCUT2D eigenvalue weighted by molar-refractivity contribution is 6.07. The molecule has 1 N–H and O–H groups in total. The molecule has 0 unspecified atom stereocenters. The molecule has 4 rings (SSSR count). The van der Waals surface area contributed by atoms with Gasteiger partial charge < -0.3 is 19.9 Å². The van der Waals surface area contributed by atoms with Gasteiger partial charge in [-0.3, -0.25) is 9.59 Å². The van der Waals surface area contributed by atoms with Crippen molar-refractivity contribution in [2.75, 3.05) is 44.7 Å². The summed E-state index contributed by atoms with van der Waals surface area (Å²) < 4.78 is 5.64. The number of fused-ring (bicyclic) bond motifs is 2. The summed E-state index contributed by atoms with van der Waals surface area (Å²) >= 11 is 0. The van der Waals surface area contributed by atoms with Gasteiger partial charge in [-0.2, -0.15) is 0 Å². The van der Waals surface area contributed by atoms with Crippen molar-refractivity contribution in [3.8, 4) is 0 Å². The first kappa shape index (κ1) is 16.5. The molecule has 2 saturated heterocycles. The van der Waals surface area contributed by atoms with Crippen molar-refractivity contribution in [3.05, 3.63) is 29.8 Å². The summed E-state index contributed by atoms with van der Waals surface area (Å²) in [6.45, 7) is 3.52. The second-order valence-electron chi connectivity index (χ2n) is 7.25. The first-order valence-electron chi connectivity index (χ1n) is 9.09. The number of para-hydroxylation sites is 1. The predicted octanol–water partition coefficient (Wildman–Crippen LogP) is 0.902. The highest BCUT2D eigenvalue weighted by Gasteiger charge is 2.51. The molecule has 2 amide bonds. The molecule has 6 heteroatoms. The Morgan fingerprint density at radius 3 is 2.80 bits per heavy atom. The summed E-state index contributed by atoms with van der Waals surface area (Å²) in [4.78, 5) is 29.2. The Balaban J connectivity index is 1.44. The monoisotopic (exact) mass is 343 g/mol. The van der Waals surface area contributed by atoms with E-state index in [0.29, 0.717) is 39.0 Å². The van der Waals surface area contributed by atoms with Crippen LogP contribution in [-0.4, -0.2) is 62.7 Å². The normalized spacial score (nSPS) is 25.3. The van der Waals surface area contributed by atoms with Crippen LogP contribution in [0.25, 0.3) is 0 Å². The number of carbonyl (C=O) groups is 2. The number of rotatable bonds is 2. The lowest BCUT2D eigenvalue weighted by atomic mass is 9.73. The van der Waals surface area contributed by atoms with Crippen LogP contribution in [0, 0.1) is 0 Å². The molecule has 0 radical (unpaired) electrons. The van der Waals surface area contributed by atoms with Crippen LogP contribution in [0.15, 0.2) is 24.3 Å². The molecule has 0 aromatic heterocycles. The average Bonchev–Trinajstić information content (AvgIpc) is 2.86. The number of ether oxygens (including phenoxy) is 1. The standard InChI is InChI=1S/C19H25N3O3/c1-21-16-5-3-2-4-15(16)19(18(21)24)6-9-22(10-7-19)17(23)12-14-13-20-8-11-25-14/h2-5,14,20H,6-13H2,1H3/t14-/m0/s1. The van der Waals surface area contributed by atoms with Gasteiger partial charge in [0.25, 0.3) is 0 Å². The van der Waals surface area contributed by atoms with E-state index in [4.69, 9.17) is 4.74 Å². The molecule has 3 aliphatic rings. The number of nitrogens with one attached hydrogen (secondary N) is 1. The van der Waals surface area contributed by atoms with Gasteiger partial charge >= 0.3 is 0 Å². The zero-order valence-electron chi connectivity index (χ0n) is 14.7. The van der Waals surface area contributed by atoms with Gasteiger partial charge in [-0.15, -0.1) is 0 Å². The minimum absolute atomic E-state index is 0.0305. The highest BCUT2D eigenvalue weighted by atomic mass is 16.5. The number of hydrogen-bond donors (Lipinski definition) is 1. The first-order chi connectivity index (χ1) is 12.1. The molecule has 6 nitrogen and oxygen atoms in total. The molecule has 3 aliphatic heterocycles. The maximum atomic E-state index is 12.9. The Kier molecular flexibility index (Phi) is 4.25. The van der Waals surface area contributed by atoms with E-state index in [1.54, 1.807) is 4.90 Å². The average molecular weight is 343 g/mol. The summed E-state index contributed by atoms with van der Waals surface area (Å²) in [5.74, 6) is 0.302. The maximum absolute atomic E-state index is 12.9. The molecule has 1 aromatic rings. The molecule has 25 heavy (non-hydrogen) atoms. The molecule has 1 spiro atoms. The quantitative estimate of drug-likeness (QED) is 0.867. The lowest BCUT2D eigenvalue weighted by molar-refractivity contribution is -0.138. The lowest BCUT2D eigenvalue weighted by Crippen LogP contribution is -2.50. The molecule has 0 aliphatic carbocycles. The number of likely N-dealkylation sites (N-methyl/N-ethyl adjacent to an activating group) is 1. The fourth-order valence-electron chi connectivity index (χ4n) is 4.41. The summed E-state index contributed by atoms with van der Waals surface area (Å²) in [5.41, 5.74) is 1.67. The minimum Gasteiger partial charge on any atom is -0.375 e. The van der Waals surface area contributed by atoms with E-state index in [0.717, 1.165) is 24.3 Å². The lowest BCUT2D eigenvalue weighted by Gasteiger charge is -2.39. The number of piperidine rings is 1. The van der Waals surface area contributed by atoms with Gasteiger partial charge in [-0.05, 0) is 24.5 Å². The molecule has 2 fully saturated rings. The van der Waals surface area contributed by atoms with Crippen LogP contribution >= 0.6 is 0 Å². The van der Waals surface area contributed by atoms with E-state index in [1.165, 1.54) is 0 Å². The topological polar surface area (TPSA) is 61.9 Å². The fraction of sp³-hybridized carbons (Fsp3) is 0.579. The van der Waals surface area contributed by atoms with Crippen molar-refractivity contribution < 1.29 is 14.3 Å². The molecule has 1 atom stereocenters. The molecule has 3 heterocycles. The van der Waals surface area contributed by atoms with Crippen molar-refractivity contribution >= 4 is 17.5 Å². The summed E-state index contributed by atoms with van der Waals surface area (Å²) in [5, 5.41) is 3.26. The van der Waals surface area contributed by atoms with E-state index in [-0.39, 0.29) is 17.9 Å². The second kappa shape index (κ2) is 6.42. The van der Waals surface area contributed by atoms with Crippen molar-refractivity contribution in [2.45, 2.75) is 30.8 Å². The zero-order valence-corrected chi connectivity index (χ0v) is 14.7. The molecule has 134 valence electrons. The number of carbonyl (C=O) groups excluding carboxylic acids is 2. The summed E-state index contributed by atoms with van der Waals surface area (Å²) in [7, 11) is 1.85. The number of hydrogen-bond acceptors (Lipinski definition) is 4. The third-order valence-electron chi connectivity index (χ3n) is 5.87. The summed E-state index contributed by atoms with van der Waals surface area (Å²) in [6, 6.07) is 8.04. The maximum Gasteiger partial charge on any atom is 0.237 e. The van der Waals surface area contributed by atoms with E-state index >= 15 is 0 Å². The number of amides is 2. The van der Waals surface area contributed by atoms with Crippen LogP contribution in [0.5, 0.6) is 0 Å². The third-order valence-corrected chi connectivity index (χ3v) is 5.87. The SMILES string of the molecule is CN1C(=O)C2(CCN(C(=O)C[C@H]3CNCCO3)CC2)c2ccccc21. The molecular weight excluding hydrogens is 318 g/mol. The van der Waals surface area contributed by atoms with E-state index < -0.39 is 5.41 Å². The minimum atomic E-state index is -0.453. The molecule has 0 saturated carbocycles. The Morgan fingerprint density at radius 2 is 2.08 bits per heavy atom. The van der Waals surface area contributed by atoms with Crippen LogP contribution < -0.4 is 10.2 Å². The van der Waals surface area contributed by atoms with Gasteiger partial charge in [0.2, 0.25) is 11.8 Å². The number of anilines is 1. The highest BCUT2D eigenvalue weighted by Crippen LogP contribution is 2.47. The third kappa shape index (κ3) is 2.73. The molecule has 0 bridgehead atoms. The Hall–Kier alpha value is -1.92. The van der Waals surface area contributed by atoms with Gasteiger partial charge in [0.05, 0.1) is 24.5 Å². The fourth-order valence-corrected chi connectivity index (χ4v) is 4.41. The van der Waals surface area contributed by atoms with E-state index in [9.17, 15) is 9.59 Å². The number of nitrogens with zero attached hydrogens (tertiary/aromatic N) is 2. The zero-order chi connectivity index (χ0) is 17.4. The van der Waals surface area contributed by atoms with Gasteiger partial charge in [-0.1, -0.05) is 18.2 Å². The van der Waals surface area contributed by atoms with Crippen molar-refractivity contribution in [2.24, 2.45) is 0 Å². The molecule has 1 aromatic carbocycles. The largest absolute Gasteiger partial charge is 0.375 e. The Labute approximate surface area is 148 Å². The number of benzene rings is 1. The van der Waals surface area contributed by atoms with Gasteiger partial charge in [0, 0.05) is 38.9 Å².